The van der Waals surface area contributed by atoms with Crippen molar-refractivity contribution < 1.29 is 34.2 Å². The monoisotopic (exact) mass is 472 g/mol. The summed E-state index contributed by atoms with van der Waals surface area (Å²) < 4.78 is 0. The fourth-order valence-electron chi connectivity index (χ4n) is 3.10. The second kappa shape index (κ2) is 14.5. The zero-order valence-corrected chi connectivity index (χ0v) is 20.4. The maximum Gasteiger partial charge on any atom is 0.326 e. The molecule has 0 saturated heterocycles. The molecule has 0 aliphatic heterocycles. The molecule has 5 atom stereocenters. The molecule has 0 heterocycles. The Kier molecular flexibility index (Phi) is 13.3. The van der Waals surface area contributed by atoms with Crippen LogP contribution >= 0.6 is 0 Å². The van der Waals surface area contributed by atoms with Crippen LogP contribution in [-0.4, -0.2) is 64.0 Å². The minimum Gasteiger partial charge on any atom is -0.481 e. The molecule has 0 aliphatic rings. The van der Waals surface area contributed by atoms with Crippen LogP contribution in [-0.2, 0) is 24.0 Å². The van der Waals surface area contributed by atoms with E-state index in [-0.39, 0.29) is 30.6 Å². The van der Waals surface area contributed by atoms with Crippen molar-refractivity contribution in [3.8, 4) is 0 Å². The van der Waals surface area contributed by atoms with Gasteiger partial charge in [-0.15, -0.1) is 0 Å². The molecular formula is C22H40N4O7. The highest BCUT2D eigenvalue weighted by molar-refractivity contribution is 5.95. The summed E-state index contributed by atoms with van der Waals surface area (Å²) in [6.07, 6.45) is 0.281. The van der Waals surface area contributed by atoms with Crippen LogP contribution in [0.4, 0.5) is 0 Å². The molecule has 0 bridgehead atoms. The van der Waals surface area contributed by atoms with E-state index in [0.717, 1.165) is 0 Å². The van der Waals surface area contributed by atoms with Crippen molar-refractivity contribution in [2.45, 2.75) is 91.4 Å². The number of carboxylic acid groups (broad SMARTS) is 2. The summed E-state index contributed by atoms with van der Waals surface area (Å²) in [7, 11) is 0. The molecule has 5 unspecified atom stereocenters. The van der Waals surface area contributed by atoms with Crippen LogP contribution in [0.3, 0.4) is 0 Å². The molecule has 0 aromatic carbocycles. The highest BCUT2D eigenvalue weighted by Gasteiger charge is 2.32. The Balaban J connectivity index is 5.56. The number of carbonyl (C=O) groups excluding carboxylic acids is 3. The maximum atomic E-state index is 12.9. The third-order valence-electron chi connectivity index (χ3n) is 5.23. The number of hydrogen-bond acceptors (Lipinski definition) is 6. The minimum atomic E-state index is -1.51. The summed E-state index contributed by atoms with van der Waals surface area (Å²) in [6, 6.07) is -4.62. The number of nitrogens with one attached hydrogen (secondary N) is 3. The molecule has 0 aromatic heterocycles. The van der Waals surface area contributed by atoms with Gasteiger partial charge in [0.2, 0.25) is 17.7 Å². The topological polar surface area (TPSA) is 188 Å². The van der Waals surface area contributed by atoms with Gasteiger partial charge in [0, 0.05) is 0 Å². The van der Waals surface area contributed by atoms with Crippen LogP contribution in [0.1, 0.15) is 67.2 Å². The van der Waals surface area contributed by atoms with E-state index in [1.165, 1.54) is 0 Å². The molecule has 0 spiro atoms. The molecule has 0 rings (SSSR count). The highest BCUT2D eigenvalue weighted by atomic mass is 16.4. The van der Waals surface area contributed by atoms with E-state index >= 15 is 0 Å². The first-order valence-electron chi connectivity index (χ1n) is 11.3. The first-order chi connectivity index (χ1) is 15.2. The van der Waals surface area contributed by atoms with E-state index < -0.39 is 60.2 Å². The standard InChI is InChI=1S/C22H40N4O7/c1-7-13(6)18(23)21(31)25-14(8-11(2)3)19(29)24-15(10-17(27)28)20(30)26-16(22(32)33)9-12(4)5/h11-16,18H,7-10,23H2,1-6H3,(H,24,29)(H,25,31)(H,26,30)(H,27,28)(H,32,33). The Hall–Kier alpha value is -2.69. The van der Waals surface area contributed by atoms with Gasteiger partial charge in [-0.1, -0.05) is 48.0 Å². The maximum absolute atomic E-state index is 12.9. The van der Waals surface area contributed by atoms with E-state index in [2.05, 4.69) is 16.0 Å². The number of hydrogen-bond donors (Lipinski definition) is 6. The van der Waals surface area contributed by atoms with Gasteiger partial charge in [-0.3, -0.25) is 19.2 Å². The van der Waals surface area contributed by atoms with Crippen molar-refractivity contribution >= 4 is 29.7 Å². The lowest BCUT2D eigenvalue weighted by atomic mass is 9.97. The first-order valence-corrected chi connectivity index (χ1v) is 11.3. The molecular weight excluding hydrogens is 432 g/mol. The predicted octanol–water partition coefficient (Wildman–Crippen LogP) is 0.466. The average Bonchev–Trinajstić information content (AvgIpc) is 2.69. The molecule has 7 N–H and O–H groups in total. The fourth-order valence-corrected chi connectivity index (χ4v) is 3.10. The van der Waals surface area contributed by atoms with Crippen LogP contribution in [0.5, 0.6) is 0 Å². The molecule has 3 amide bonds. The summed E-state index contributed by atoms with van der Waals surface area (Å²) in [5.41, 5.74) is 5.95. The lowest BCUT2D eigenvalue weighted by molar-refractivity contribution is -0.144. The summed E-state index contributed by atoms with van der Waals surface area (Å²) >= 11 is 0. The fraction of sp³-hybridized carbons (Fsp3) is 0.773. The zero-order valence-electron chi connectivity index (χ0n) is 20.4. The number of aliphatic carboxylic acids is 2. The molecule has 190 valence electrons. The Morgan fingerprint density at radius 2 is 1.15 bits per heavy atom. The van der Waals surface area contributed by atoms with Crippen molar-refractivity contribution in [1.82, 2.24) is 16.0 Å². The van der Waals surface area contributed by atoms with Gasteiger partial charge >= 0.3 is 11.9 Å². The third kappa shape index (κ3) is 11.7. The number of carboxylic acids is 2. The Labute approximate surface area is 195 Å². The smallest absolute Gasteiger partial charge is 0.326 e. The average molecular weight is 473 g/mol. The molecule has 0 aromatic rings. The van der Waals surface area contributed by atoms with Crippen LogP contribution in [0.15, 0.2) is 0 Å². The third-order valence-corrected chi connectivity index (χ3v) is 5.23. The van der Waals surface area contributed by atoms with Crippen molar-refractivity contribution in [2.24, 2.45) is 23.5 Å². The SMILES string of the molecule is CCC(C)C(N)C(=O)NC(CC(C)C)C(=O)NC(CC(=O)O)C(=O)NC(CC(C)C)C(=O)O. The van der Waals surface area contributed by atoms with Crippen LogP contribution in [0.2, 0.25) is 0 Å². The van der Waals surface area contributed by atoms with Gasteiger partial charge < -0.3 is 31.9 Å². The van der Waals surface area contributed by atoms with E-state index in [1.807, 2.05) is 27.7 Å². The zero-order chi connectivity index (χ0) is 25.9. The molecule has 33 heavy (non-hydrogen) atoms. The van der Waals surface area contributed by atoms with Crippen molar-refractivity contribution in [2.75, 3.05) is 0 Å². The summed E-state index contributed by atoms with van der Waals surface area (Å²) in [4.78, 5) is 60.8. The largest absolute Gasteiger partial charge is 0.481 e. The van der Waals surface area contributed by atoms with Gasteiger partial charge in [0.25, 0.3) is 0 Å². The molecule has 0 radical (unpaired) electrons. The molecule has 0 aliphatic carbocycles. The Bertz CT molecular complexity index is 696. The van der Waals surface area contributed by atoms with Gasteiger partial charge in [-0.05, 0) is 30.6 Å². The normalized spacial score (nSPS) is 15.8. The number of carbonyl (C=O) groups is 5. The van der Waals surface area contributed by atoms with E-state index in [4.69, 9.17) is 5.73 Å². The van der Waals surface area contributed by atoms with Gasteiger partial charge in [0.1, 0.15) is 18.1 Å². The van der Waals surface area contributed by atoms with Gasteiger partial charge in [0.15, 0.2) is 0 Å². The van der Waals surface area contributed by atoms with E-state index in [9.17, 15) is 34.2 Å². The van der Waals surface area contributed by atoms with E-state index in [1.54, 1.807) is 13.8 Å². The van der Waals surface area contributed by atoms with Gasteiger partial charge in [0.05, 0.1) is 12.5 Å². The Morgan fingerprint density at radius 1 is 0.727 bits per heavy atom. The molecule has 0 fully saturated rings. The second-order valence-electron chi connectivity index (χ2n) is 9.29. The molecule has 0 saturated carbocycles. The summed E-state index contributed by atoms with van der Waals surface area (Å²) in [5.74, 6) is -4.97. The first kappa shape index (κ1) is 30.3. The van der Waals surface area contributed by atoms with Crippen molar-refractivity contribution in [3.63, 3.8) is 0 Å². The molecule has 11 nitrogen and oxygen atoms in total. The number of rotatable bonds is 15. The number of nitrogens with two attached hydrogens (primary N) is 1. The highest BCUT2D eigenvalue weighted by Crippen LogP contribution is 2.10. The lowest BCUT2D eigenvalue weighted by Crippen LogP contribution is -2.58. The molecule has 11 heteroatoms. The van der Waals surface area contributed by atoms with Gasteiger partial charge in [-0.25, -0.2) is 4.79 Å². The predicted molar refractivity (Wildman–Crippen MR) is 122 cm³/mol. The quantitative estimate of drug-likeness (QED) is 0.198. The van der Waals surface area contributed by atoms with Crippen molar-refractivity contribution in [3.05, 3.63) is 0 Å². The van der Waals surface area contributed by atoms with E-state index in [0.29, 0.717) is 6.42 Å². The summed E-state index contributed by atoms with van der Waals surface area (Å²) in [6.45, 7) is 10.9. The lowest BCUT2D eigenvalue weighted by Gasteiger charge is -2.26. The minimum absolute atomic E-state index is 0.00458. The van der Waals surface area contributed by atoms with Crippen LogP contribution in [0.25, 0.3) is 0 Å². The van der Waals surface area contributed by atoms with Crippen LogP contribution in [0, 0.1) is 17.8 Å². The Morgan fingerprint density at radius 3 is 1.58 bits per heavy atom. The van der Waals surface area contributed by atoms with Gasteiger partial charge in [-0.2, -0.15) is 0 Å². The summed E-state index contributed by atoms with van der Waals surface area (Å²) in [5, 5.41) is 25.8. The van der Waals surface area contributed by atoms with Crippen molar-refractivity contribution in [1.29, 1.82) is 0 Å². The van der Waals surface area contributed by atoms with Crippen LogP contribution < -0.4 is 21.7 Å². The number of amides is 3. The second-order valence-corrected chi connectivity index (χ2v) is 9.29.